The zero-order valence-corrected chi connectivity index (χ0v) is 18.2. The Labute approximate surface area is 182 Å². The van der Waals surface area contributed by atoms with E-state index in [-0.39, 0.29) is 12.1 Å². The first kappa shape index (κ1) is 22.2. The van der Waals surface area contributed by atoms with E-state index in [1.54, 1.807) is 33.1 Å². The SMILES string of the molecule is CCC1=C(C(=O)OC(C)C)C(c2cccc(OC)c2OCc2ccccc2)NC(=O)N1. The molecule has 0 fully saturated rings. The molecule has 1 aliphatic heterocycles. The van der Waals surface area contributed by atoms with E-state index in [4.69, 9.17) is 14.2 Å². The molecule has 3 rings (SSSR count). The lowest BCUT2D eigenvalue weighted by Crippen LogP contribution is -2.46. The van der Waals surface area contributed by atoms with Crippen molar-refractivity contribution < 1.29 is 23.8 Å². The Morgan fingerprint density at radius 1 is 1.10 bits per heavy atom. The van der Waals surface area contributed by atoms with Gasteiger partial charge in [0.2, 0.25) is 0 Å². The van der Waals surface area contributed by atoms with Crippen molar-refractivity contribution in [2.24, 2.45) is 0 Å². The molecule has 7 heteroatoms. The molecule has 0 saturated heterocycles. The number of benzene rings is 2. The predicted molar refractivity (Wildman–Crippen MR) is 117 cm³/mol. The number of rotatable bonds is 8. The van der Waals surface area contributed by atoms with Crippen LogP contribution in [0.4, 0.5) is 4.79 Å². The van der Waals surface area contributed by atoms with Gasteiger partial charge in [0.1, 0.15) is 6.61 Å². The van der Waals surface area contributed by atoms with Crippen molar-refractivity contribution in [2.75, 3.05) is 7.11 Å². The van der Waals surface area contributed by atoms with Crippen LogP contribution in [0.3, 0.4) is 0 Å². The normalized spacial score (nSPS) is 15.9. The smallest absolute Gasteiger partial charge is 0.338 e. The summed E-state index contributed by atoms with van der Waals surface area (Å²) in [5.41, 5.74) is 2.48. The second kappa shape index (κ2) is 10.0. The summed E-state index contributed by atoms with van der Waals surface area (Å²) in [5, 5.41) is 5.58. The lowest BCUT2D eigenvalue weighted by molar-refractivity contribution is -0.143. The number of allylic oxidation sites excluding steroid dienone is 1. The van der Waals surface area contributed by atoms with Gasteiger partial charge in [-0.2, -0.15) is 0 Å². The van der Waals surface area contributed by atoms with Crippen molar-refractivity contribution >= 4 is 12.0 Å². The fourth-order valence-corrected chi connectivity index (χ4v) is 3.45. The van der Waals surface area contributed by atoms with E-state index in [0.717, 1.165) is 5.56 Å². The van der Waals surface area contributed by atoms with E-state index >= 15 is 0 Å². The van der Waals surface area contributed by atoms with E-state index in [2.05, 4.69) is 10.6 Å². The van der Waals surface area contributed by atoms with Gasteiger partial charge in [0, 0.05) is 11.3 Å². The molecule has 1 unspecified atom stereocenters. The Morgan fingerprint density at radius 3 is 2.48 bits per heavy atom. The topological polar surface area (TPSA) is 85.9 Å². The second-order valence-electron chi connectivity index (χ2n) is 7.38. The second-order valence-corrected chi connectivity index (χ2v) is 7.38. The number of nitrogens with one attached hydrogen (secondary N) is 2. The quantitative estimate of drug-likeness (QED) is 0.619. The maximum absolute atomic E-state index is 13.0. The average molecular weight is 424 g/mol. The Kier molecular flexibility index (Phi) is 7.18. The first-order valence-electron chi connectivity index (χ1n) is 10.3. The number of amides is 2. The summed E-state index contributed by atoms with van der Waals surface area (Å²) in [4.78, 5) is 25.3. The third-order valence-electron chi connectivity index (χ3n) is 4.84. The maximum atomic E-state index is 13.0. The fraction of sp³-hybridized carbons (Fsp3) is 0.333. The molecule has 0 radical (unpaired) electrons. The molecule has 2 aromatic carbocycles. The van der Waals surface area contributed by atoms with Crippen molar-refractivity contribution in [1.82, 2.24) is 10.6 Å². The largest absolute Gasteiger partial charge is 0.493 e. The van der Waals surface area contributed by atoms with Crippen LogP contribution >= 0.6 is 0 Å². The highest BCUT2D eigenvalue weighted by molar-refractivity contribution is 5.95. The number of carbonyl (C=O) groups is 2. The van der Waals surface area contributed by atoms with Gasteiger partial charge < -0.3 is 24.8 Å². The number of urea groups is 1. The number of ether oxygens (including phenoxy) is 3. The number of para-hydroxylation sites is 1. The zero-order chi connectivity index (χ0) is 22.4. The van der Waals surface area contributed by atoms with Gasteiger partial charge in [0.15, 0.2) is 11.5 Å². The highest BCUT2D eigenvalue weighted by Crippen LogP contribution is 2.40. The summed E-state index contributed by atoms with van der Waals surface area (Å²) in [6, 6.07) is 14.0. The van der Waals surface area contributed by atoms with Crippen LogP contribution < -0.4 is 20.1 Å². The third kappa shape index (κ3) is 5.17. The van der Waals surface area contributed by atoms with Crippen molar-refractivity contribution in [2.45, 2.75) is 45.9 Å². The summed E-state index contributed by atoms with van der Waals surface area (Å²) in [6.45, 7) is 5.75. The van der Waals surface area contributed by atoms with Gasteiger partial charge in [0.25, 0.3) is 0 Å². The van der Waals surface area contributed by atoms with Crippen LogP contribution in [0.2, 0.25) is 0 Å². The van der Waals surface area contributed by atoms with Crippen LogP contribution in [0.15, 0.2) is 59.8 Å². The van der Waals surface area contributed by atoms with Gasteiger partial charge >= 0.3 is 12.0 Å². The van der Waals surface area contributed by atoms with Crippen molar-refractivity contribution in [3.63, 3.8) is 0 Å². The van der Waals surface area contributed by atoms with Gasteiger partial charge in [-0.3, -0.25) is 0 Å². The molecule has 7 nitrogen and oxygen atoms in total. The Balaban J connectivity index is 2.05. The molecule has 2 N–H and O–H groups in total. The molecule has 1 heterocycles. The summed E-state index contributed by atoms with van der Waals surface area (Å²) >= 11 is 0. The molecule has 0 saturated carbocycles. The monoisotopic (exact) mass is 424 g/mol. The van der Waals surface area contributed by atoms with Gasteiger partial charge in [-0.25, -0.2) is 9.59 Å². The van der Waals surface area contributed by atoms with Crippen LogP contribution in [0, 0.1) is 0 Å². The molecule has 2 amide bonds. The highest BCUT2D eigenvalue weighted by atomic mass is 16.5. The number of esters is 1. The first-order valence-corrected chi connectivity index (χ1v) is 10.3. The standard InChI is InChI=1S/C24H28N2O5/c1-5-18-20(23(27)31-15(2)3)21(26-24(28)25-18)17-12-9-13-19(29-4)22(17)30-14-16-10-7-6-8-11-16/h6-13,15,21H,5,14H2,1-4H3,(H2,25,26,28). The van der Waals surface area contributed by atoms with Crippen LogP contribution in [-0.2, 0) is 16.1 Å². The van der Waals surface area contributed by atoms with E-state index in [1.807, 2.05) is 43.3 Å². The van der Waals surface area contributed by atoms with Crippen molar-refractivity contribution in [3.05, 3.63) is 70.9 Å². The van der Waals surface area contributed by atoms with Crippen LogP contribution in [-0.4, -0.2) is 25.2 Å². The molecule has 0 aromatic heterocycles. The molecule has 31 heavy (non-hydrogen) atoms. The minimum absolute atomic E-state index is 0.296. The van der Waals surface area contributed by atoms with E-state index in [0.29, 0.717) is 41.4 Å². The van der Waals surface area contributed by atoms with Crippen LogP contribution in [0.5, 0.6) is 11.5 Å². The lowest BCUT2D eigenvalue weighted by atomic mass is 9.93. The molecule has 1 aliphatic rings. The highest BCUT2D eigenvalue weighted by Gasteiger charge is 2.35. The van der Waals surface area contributed by atoms with E-state index in [9.17, 15) is 9.59 Å². The average Bonchev–Trinajstić information content (AvgIpc) is 2.76. The minimum Gasteiger partial charge on any atom is -0.493 e. The number of hydrogen-bond acceptors (Lipinski definition) is 5. The number of hydrogen-bond donors (Lipinski definition) is 2. The number of carbonyl (C=O) groups excluding carboxylic acids is 2. The van der Waals surface area contributed by atoms with Gasteiger partial charge in [-0.15, -0.1) is 0 Å². The fourth-order valence-electron chi connectivity index (χ4n) is 3.45. The summed E-state index contributed by atoms with van der Waals surface area (Å²) in [5.74, 6) is 0.489. The molecular weight excluding hydrogens is 396 g/mol. The molecule has 0 aliphatic carbocycles. The first-order chi connectivity index (χ1) is 14.9. The summed E-state index contributed by atoms with van der Waals surface area (Å²) < 4.78 is 17.1. The Hall–Kier alpha value is -3.48. The number of methoxy groups -OCH3 is 1. The van der Waals surface area contributed by atoms with E-state index < -0.39 is 12.0 Å². The third-order valence-corrected chi connectivity index (χ3v) is 4.84. The van der Waals surface area contributed by atoms with Gasteiger partial charge in [-0.1, -0.05) is 49.4 Å². The summed E-state index contributed by atoms with van der Waals surface area (Å²) in [6.07, 6.45) is 0.173. The molecule has 0 spiro atoms. The van der Waals surface area contributed by atoms with Crippen LogP contribution in [0.25, 0.3) is 0 Å². The Bertz CT molecular complexity index is 969. The van der Waals surface area contributed by atoms with Gasteiger partial charge in [0.05, 0.1) is 24.8 Å². The van der Waals surface area contributed by atoms with Crippen molar-refractivity contribution in [3.8, 4) is 11.5 Å². The molecule has 1 atom stereocenters. The molecule has 2 aromatic rings. The van der Waals surface area contributed by atoms with Gasteiger partial charge in [-0.05, 0) is 31.9 Å². The molecule has 0 bridgehead atoms. The molecule has 164 valence electrons. The predicted octanol–water partition coefficient (Wildman–Crippen LogP) is 4.24. The van der Waals surface area contributed by atoms with Crippen molar-refractivity contribution in [1.29, 1.82) is 0 Å². The van der Waals surface area contributed by atoms with E-state index in [1.165, 1.54) is 0 Å². The maximum Gasteiger partial charge on any atom is 0.338 e. The zero-order valence-electron chi connectivity index (χ0n) is 18.2. The minimum atomic E-state index is -0.740. The lowest BCUT2D eigenvalue weighted by Gasteiger charge is -2.30. The Morgan fingerprint density at radius 2 is 1.84 bits per heavy atom. The summed E-state index contributed by atoms with van der Waals surface area (Å²) in [7, 11) is 1.55. The molecular formula is C24H28N2O5. The van der Waals surface area contributed by atoms with Crippen LogP contribution in [0.1, 0.15) is 44.4 Å².